The fraction of sp³-hybridized carbons (Fsp3) is 0.538. The van der Waals surface area contributed by atoms with E-state index in [1.807, 2.05) is 6.92 Å². The molecule has 1 unspecified atom stereocenters. The molecule has 1 atom stereocenters. The van der Waals surface area contributed by atoms with Crippen LogP contribution in [-0.2, 0) is 6.18 Å². The topological polar surface area (TPSA) is 68.0 Å². The second-order valence-corrected chi connectivity index (χ2v) is 5.28. The first kappa shape index (κ1) is 20.9. The summed E-state index contributed by atoms with van der Waals surface area (Å²) in [5.74, 6) is -0.120. The highest BCUT2D eigenvalue weighted by Gasteiger charge is 2.41. The number of nitrogens with one attached hydrogen (secondary N) is 1. The number of halogens is 5. The van der Waals surface area contributed by atoms with Crippen LogP contribution in [0.25, 0.3) is 0 Å². The summed E-state index contributed by atoms with van der Waals surface area (Å²) in [4.78, 5) is 15.3. The minimum Gasteiger partial charge on any atom is -0.345 e. The number of carbonyl (C=O) groups is 1. The maximum atomic E-state index is 12.4. The van der Waals surface area contributed by atoms with E-state index in [9.17, 15) is 18.0 Å². The summed E-state index contributed by atoms with van der Waals surface area (Å²) in [5.41, 5.74) is 4.24. The number of nitrogens with zero attached hydrogens (tertiary/aromatic N) is 1. The molecule has 1 aliphatic rings. The van der Waals surface area contributed by atoms with Crippen LogP contribution >= 0.6 is 24.8 Å². The third-order valence-corrected chi connectivity index (χ3v) is 3.62. The average molecular weight is 360 g/mol. The highest BCUT2D eigenvalue weighted by Crippen LogP contribution is 2.39. The van der Waals surface area contributed by atoms with Crippen molar-refractivity contribution >= 4 is 30.7 Å². The van der Waals surface area contributed by atoms with Gasteiger partial charge in [-0.2, -0.15) is 13.2 Å². The fourth-order valence-electron chi connectivity index (χ4n) is 2.07. The number of amides is 1. The molecule has 0 bridgehead atoms. The molecule has 4 nitrogen and oxygen atoms in total. The van der Waals surface area contributed by atoms with E-state index in [0.29, 0.717) is 5.92 Å². The van der Waals surface area contributed by atoms with Crippen LogP contribution in [0.15, 0.2) is 18.3 Å². The van der Waals surface area contributed by atoms with E-state index in [1.165, 1.54) is 0 Å². The smallest absolute Gasteiger partial charge is 0.345 e. The van der Waals surface area contributed by atoms with Crippen molar-refractivity contribution in [3.63, 3.8) is 0 Å². The lowest BCUT2D eigenvalue weighted by Crippen LogP contribution is -2.53. The molecule has 9 heteroatoms. The van der Waals surface area contributed by atoms with Gasteiger partial charge in [-0.05, 0) is 37.8 Å². The summed E-state index contributed by atoms with van der Waals surface area (Å²) >= 11 is 0. The van der Waals surface area contributed by atoms with Crippen LogP contribution in [0.3, 0.4) is 0 Å². The predicted molar refractivity (Wildman–Crippen MR) is 81.4 cm³/mol. The van der Waals surface area contributed by atoms with Crippen LogP contribution in [-0.4, -0.2) is 23.0 Å². The van der Waals surface area contributed by atoms with E-state index in [1.54, 1.807) is 0 Å². The molecule has 0 radical (unpaired) electrons. The molecule has 2 rings (SSSR count). The SMILES string of the molecule is CC(CN)(NC(=O)c1ccc(C(F)(F)F)nc1)C1CC1.Cl.Cl. The second kappa shape index (κ2) is 7.48. The molecule has 1 fully saturated rings. The lowest BCUT2D eigenvalue weighted by Gasteiger charge is -2.29. The molecule has 0 saturated heterocycles. The molecule has 1 heterocycles. The number of alkyl halides is 3. The molecule has 22 heavy (non-hydrogen) atoms. The van der Waals surface area contributed by atoms with Crippen LogP contribution in [0.5, 0.6) is 0 Å². The van der Waals surface area contributed by atoms with E-state index in [-0.39, 0.29) is 36.9 Å². The van der Waals surface area contributed by atoms with E-state index in [4.69, 9.17) is 5.73 Å². The third kappa shape index (κ3) is 4.72. The van der Waals surface area contributed by atoms with Crippen molar-refractivity contribution in [2.75, 3.05) is 6.54 Å². The highest BCUT2D eigenvalue weighted by atomic mass is 35.5. The molecule has 3 N–H and O–H groups in total. The largest absolute Gasteiger partial charge is 0.433 e. The Bertz CT molecular complexity index is 506. The highest BCUT2D eigenvalue weighted by molar-refractivity contribution is 5.94. The minimum atomic E-state index is -4.51. The summed E-state index contributed by atoms with van der Waals surface area (Å²) < 4.78 is 37.1. The molecular weight excluding hydrogens is 342 g/mol. The zero-order valence-electron chi connectivity index (χ0n) is 11.8. The van der Waals surface area contributed by atoms with Gasteiger partial charge in [0.15, 0.2) is 0 Å². The van der Waals surface area contributed by atoms with Gasteiger partial charge in [-0.1, -0.05) is 0 Å². The van der Waals surface area contributed by atoms with Gasteiger partial charge in [0.25, 0.3) is 5.91 Å². The molecule has 0 aromatic carbocycles. The maximum Gasteiger partial charge on any atom is 0.433 e. The maximum absolute atomic E-state index is 12.4. The van der Waals surface area contributed by atoms with Gasteiger partial charge in [-0.25, -0.2) is 0 Å². The number of hydrogen-bond acceptors (Lipinski definition) is 3. The van der Waals surface area contributed by atoms with Crippen LogP contribution in [0.2, 0.25) is 0 Å². The molecule has 1 aliphatic carbocycles. The first-order valence-corrected chi connectivity index (χ1v) is 6.32. The van der Waals surface area contributed by atoms with Crippen molar-refractivity contribution in [2.24, 2.45) is 11.7 Å². The van der Waals surface area contributed by atoms with Gasteiger partial charge >= 0.3 is 6.18 Å². The number of rotatable bonds is 4. The van der Waals surface area contributed by atoms with Crippen molar-refractivity contribution in [1.82, 2.24) is 10.3 Å². The number of pyridine rings is 1. The number of nitrogens with two attached hydrogens (primary N) is 1. The molecule has 0 spiro atoms. The number of aromatic nitrogens is 1. The second-order valence-electron chi connectivity index (χ2n) is 5.28. The van der Waals surface area contributed by atoms with Crippen LogP contribution in [0.4, 0.5) is 13.2 Å². The van der Waals surface area contributed by atoms with Gasteiger partial charge in [0.2, 0.25) is 0 Å². The standard InChI is InChI=1S/C13H16F3N3O.2ClH/c1-12(7-17,9-3-4-9)19-11(20)8-2-5-10(18-6-8)13(14,15)16;;/h2,5-6,9H,3-4,7,17H2,1H3,(H,19,20);2*1H. The van der Waals surface area contributed by atoms with Crippen LogP contribution < -0.4 is 11.1 Å². The van der Waals surface area contributed by atoms with E-state index >= 15 is 0 Å². The van der Waals surface area contributed by atoms with Crippen molar-refractivity contribution in [1.29, 1.82) is 0 Å². The summed E-state index contributed by atoms with van der Waals surface area (Å²) in [6.45, 7) is 2.14. The Hall–Kier alpha value is -1.05. The Morgan fingerprint density at radius 3 is 2.32 bits per heavy atom. The van der Waals surface area contributed by atoms with Crippen molar-refractivity contribution < 1.29 is 18.0 Å². The summed E-state index contributed by atoms with van der Waals surface area (Å²) in [6, 6.07) is 1.92. The predicted octanol–water partition coefficient (Wildman–Crippen LogP) is 2.80. The lowest BCUT2D eigenvalue weighted by molar-refractivity contribution is -0.141. The van der Waals surface area contributed by atoms with Crippen molar-refractivity contribution in [2.45, 2.75) is 31.5 Å². The third-order valence-electron chi connectivity index (χ3n) is 3.62. The van der Waals surface area contributed by atoms with Gasteiger partial charge in [-0.15, -0.1) is 24.8 Å². The van der Waals surface area contributed by atoms with E-state index in [0.717, 1.165) is 31.2 Å². The Morgan fingerprint density at radius 2 is 1.95 bits per heavy atom. The Kier molecular flexibility index (Phi) is 7.12. The Labute approximate surface area is 138 Å². The van der Waals surface area contributed by atoms with Crippen LogP contribution in [0.1, 0.15) is 35.8 Å². The molecule has 1 aromatic heterocycles. The zero-order chi connectivity index (χ0) is 15.0. The van der Waals surface area contributed by atoms with Crippen molar-refractivity contribution in [3.05, 3.63) is 29.6 Å². The van der Waals surface area contributed by atoms with Gasteiger partial charge in [-0.3, -0.25) is 9.78 Å². The van der Waals surface area contributed by atoms with Gasteiger partial charge in [0.05, 0.1) is 11.1 Å². The Balaban J connectivity index is 0.00000220. The quantitative estimate of drug-likeness (QED) is 0.868. The van der Waals surface area contributed by atoms with Gasteiger partial charge < -0.3 is 11.1 Å². The number of hydrogen-bond donors (Lipinski definition) is 2. The molecule has 0 aliphatic heterocycles. The average Bonchev–Trinajstić information content (AvgIpc) is 3.22. The van der Waals surface area contributed by atoms with Crippen molar-refractivity contribution in [3.8, 4) is 0 Å². The monoisotopic (exact) mass is 359 g/mol. The lowest BCUT2D eigenvalue weighted by atomic mass is 9.95. The molecule has 126 valence electrons. The Morgan fingerprint density at radius 1 is 1.36 bits per heavy atom. The molecule has 1 saturated carbocycles. The van der Waals surface area contributed by atoms with E-state index < -0.39 is 23.3 Å². The molecular formula is C13H18Cl2F3N3O. The van der Waals surface area contributed by atoms with Crippen LogP contribution in [0, 0.1) is 5.92 Å². The number of carbonyl (C=O) groups excluding carboxylic acids is 1. The minimum absolute atomic E-state index is 0. The summed E-state index contributed by atoms with van der Waals surface area (Å²) in [6.07, 6.45) is -1.57. The normalized spacial score (nSPS) is 16.8. The zero-order valence-corrected chi connectivity index (χ0v) is 13.4. The first-order valence-electron chi connectivity index (χ1n) is 6.32. The summed E-state index contributed by atoms with van der Waals surface area (Å²) in [7, 11) is 0. The van der Waals surface area contributed by atoms with E-state index in [2.05, 4.69) is 10.3 Å². The van der Waals surface area contributed by atoms with Gasteiger partial charge in [0, 0.05) is 12.7 Å². The van der Waals surface area contributed by atoms with Gasteiger partial charge in [0.1, 0.15) is 5.69 Å². The first-order chi connectivity index (χ1) is 9.26. The molecule has 1 aromatic rings. The molecule has 1 amide bonds. The summed E-state index contributed by atoms with van der Waals surface area (Å²) in [5, 5.41) is 2.79. The fourth-order valence-corrected chi connectivity index (χ4v) is 2.07.